The first kappa shape index (κ1) is 23.3. The molecule has 160 valence electrons. The molecule has 2 aromatic rings. The Morgan fingerprint density at radius 2 is 1.93 bits per heavy atom. The van der Waals surface area contributed by atoms with Crippen LogP contribution in [0.1, 0.15) is 44.6 Å². The average molecular weight is 425 g/mol. The highest BCUT2D eigenvalue weighted by molar-refractivity contribution is 7.85. The van der Waals surface area contributed by atoms with Crippen molar-refractivity contribution in [3.05, 3.63) is 54.1 Å². The van der Waals surface area contributed by atoms with E-state index in [1.807, 2.05) is 6.92 Å². The molecule has 1 saturated heterocycles. The predicted molar refractivity (Wildman–Crippen MR) is 110 cm³/mol. The third kappa shape index (κ3) is 8.08. The minimum atomic E-state index is -4.02. The summed E-state index contributed by atoms with van der Waals surface area (Å²) in [5.74, 6) is 0.193. The Balaban J connectivity index is 0.000000234. The fourth-order valence-corrected chi connectivity index (χ4v) is 3.36. The van der Waals surface area contributed by atoms with E-state index in [9.17, 15) is 12.8 Å². The first-order valence-electron chi connectivity index (χ1n) is 9.85. The van der Waals surface area contributed by atoms with Crippen LogP contribution >= 0.6 is 0 Å². The molecule has 2 atom stereocenters. The van der Waals surface area contributed by atoms with Crippen molar-refractivity contribution >= 4 is 10.1 Å². The van der Waals surface area contributed by atoms with Gasteiger partial charge in [0.15, 0.2) is 0 Å². The van der Waals surface area contributed by atoms with E-state index in [0.717, 1.165) is 24.9 Å². The SMILES string of the molecule is CCCCCC(Oc1ccc(F)nc1)[C@@H]1CCN1.Cc1ccc(S(=O)(=O)O)cc1. The van der Waals surface area contributed by atoms with Gasteiger partial charge in [-0.3, -0.25) is 4.55 Å². The summed E-state index contributed by atoms with van der Waals surface area (Å²) < 4.78 is 48.2. The number of nitrogens with one attached hydrogen (secondary N) is 1. The molecule has 0 saturated carbocycles. The Morgan fingerprint density at radius 1 is 1.24 bits per heavy atom. The largest absolute Gasteiger partial charge is 0.487 e. The van der Waals surface area contributed by atoms with Gasteiger partial charge < -0.3 is 10.1 Å². The molecule has 1 aromatic carbocycles. The number of benzene rings is 1. The molecular weight excluding hydrogens is 395 g/mol. The number of hydrogen-bond donors (Lipinski definition) is 2. The zero-order chi connectivity index (χ0) is 21.3. The molecule has 0 bridgehead atoms. The second-order valence-corrected chi connectivity index (χ2v) is 8.53. The number of ether oxygens (including phenoxy) is 1. The van der Waals surface area contributed by atoms with Crippen LogP contribution < -0.4 is 10.1 Å². The van der Waals surface area contributed by atoms with Crippen LogP contribution in [0.25, 0.3) is 0 Å². The van der Waals surface area contributed by atoms with Crippen LogP contribution in [0.15, 0.2) is 47.5 Å². The van der Waals surface area contributed by atoms with Crippen LogP contribution in [0, 0.1) is 12.9 Å². The first-order chi connectivity index (χ1) is 13.8. The van der Waals surface area contributed by atoms with Crippen LogP contribution in [-0.4, -0.2) is 36.6 Å². The Kier molecular flexibility index (Phi) is 9.00. The van der Waals surface area contributed by atoms with Crippen LogP contribution in [-0.2, 0) is 10.1 Å². The fraction of sp³-hybridized carbons (Fsp3) is 0.476. The van der Waals surface area contributed by atoms with E-state index in [-0.39, 0.29) is 11.0 Å². The van der Waals surface area contributed by atoms with Crippen molar-refractivity contribution in [3.8, 4) is 5.75 Å². The van der Waals surface area contributed by atoms with Gasteiger partial charge in [0.05, 0.1) is 11.1 Å². The molecule has 0 aliphatic carbocycles. The third-order valence-corrected chi connectivity index (χ3v) is 5.58. The number of hydrogen-bond acceptors (Lipinski definition) is 5. The lowest BCUT2D eigenvalue weighted by molar-refractivity contribution is 0.107. The van der Waals surface area contributed by atoms with E-state index in [4.69, 9.17) is 9.29 Å². The molecule has 8 heteroatoms. The molecule has 2 heterocycles. The summed E-state index contributed by atoms with van der Waals surface area (Å²) in [6, 6.07) is 9.41. The number of nitrogens with zero attached hydrogens (tertiary/aromatic N) is 1. The standard InChI is InChI=1S/C14H21FN2O.C7H8O3S/c1-2-3-4-5-13(12-8-9-16-12)18-11-6-7-14(15)17-10-11;1-6-2-4-7(5-3-6)11(8,9)10/h6-7,10,12-13,16H,2-5,8-9H2,1H3;2-5H,1H3,(H,8,9,10)/t12-,13?;/m0./s1. The van der Waals surface area contributed by atoms with E-state index >= 15 is 0 Å². The van der Waals surface area contributed by atoms with Crippen molar-refractivity contribution in [1.29, 1.82) is 0 Å². The summed E-state index contributed by atoms with van der Waals surface area (Å²) in [5, 5.41) is 3.38. The van der Waals surface area contributed by atoms with Gasteiger partial charge in [-0.15, -0.1) is 0 Å². The van der Waals surface area contributed by atoms with Gasteiger partial charge in [-0.1, -0.05) is 37.5 Å². The number of pyridine rings is 1. The number of aryl methyl sites for hydroxylation is 1. The number of unbranched alkanes of at least 4 members (excludes halogenated alkanes) is 2. The summed E-state index contributed by atoms with van der Waals surface area (Å²) >= 11 is 0. The van der Waals surface area contributed by atoms with Gasteiger partial charge in [-0.2, -0.15) is 12.8 Å². The van der Waals surface area contributed by atoms with Crippen LogP contribution in [0.2, 0.25) is 0 Å². The number of rotatable bonds is 8. The van der Waals surface area contributed by atoms with Gasteiger partial charge in [0, 0.05) is 6.04 Å². The number of halogens is 1. The Labute approximate surface area is 172 Å². The highest BCUT2D eigenvalue weighted by Crippen LogP contribution is 2.20. The van der Waals surface area contributed by atoms with E-state index in [1.165, 1.54) is 43.7 Å². The van der Waals surface area contributed by atoms with Crippen LogP contribution in [0.4, 0.5) is 4.39 Å². The molecule has 1 aromatic heterocycles. The summed E-state index contributed by atoms with van der Waals surface area (Å²) in [6.07, 6.45) is 7.46. The van der Waals surface area contributed by atoms with Gasteiger partial charge in [0.1, 0.15) is 11.9 Å². The van der Waals surface area contributed by atoms with Gasteiger partial charge in [-0.25, -0.2) is 4.98 Å². The zero-order valence-electron chi connectivity index (χ0n) is 16.8. The lowest BCUT2D eigenvalue weighted by atomic mass is 9.96. The minimum absolute atomic E-state index is 0.0666. The molecule has 3 rings (SSSR count). The molecule has 1 aliphatic rings. The zero-order valence-corrected chi connectivity index (χ0v) is 17.7. The van der Waals surface area contributed by atoms with Gasteiger partial charge in [-0.05, 0) is 57.0 Å². The van der Waals surface area contributed by atoms with Gasteiger partial charge in [0.2, 0.25) is 5.95 Å². The van der Waals surface area contributed by atoms with Crippen molar-refractivity contribution < 1.29 is 22.1 Å². The average Bonchev–Trinajstić information content (AvgIpc) is 2.62. The highest BCUT2D eigenvalue weighted by atomic mass is 32.2. The molecule has 6 nitrogen and oxygen atoms in total. The molecule has 2 N–H and O–H groups in total. The van der Waals surface area contributed by atoms with Crippen molar-refractivity contribution in [2.24, 2.45) is 0 Å². The molecule has 1 unspecified atom stereocenters. The maximum atomic E-state index is 12.7. The summed E-state index contributed by atoms with van der Waals surface area (Å²) in [4.78, 5) is 3.55. The second kappa shape index (κ2) is 11.2. The summed E-state index contributed by atoms with van der Waals surface area (Å²) in [7, 11) is -4.02. The minimum Gasteiger partial charge on any atom is -0.487 e. The fourth-order valence-electron chi connectivity index (χ4n) is 2.88. The third-order valence-electron chi connectivity index (χ3n) is 4.71. The molecule has 0 amide bonds. The lowest BCUT2D eigenvalue weighted by Crippen LogP contribution is -2.52. The predicted octanol–water partition coefficient (Wildman–Crippen LogP) is 4.15. The van der Waals surface area contributed by atoms with Crippen molar-refractivity contribution in [3.63, 3.8) is 0 Å². The van der Waals surface area contributed by atoms with E-state index < -0.39 is 16.1 Å². The molecule has 0 spiro atoms. The van der Waals surface area contributed by atoms with E-state index in [1.54, 1.807) is 18.2 Å². The van der Waals surface area contributed by atoms with Crippen molar-refractivity contribution in [2.45, 2.75) is 63.0 Å². The smallest absolute Gasteiger partial charge is 0.294 e. The van der Waals surface area contributed by atoms with Crippen molar-refractivity contribution in [2.75, 3.05) is 6.54 Å². The maximum absolute atomic E-state index is 12.7. The lowest BCUT2D eigenvalue weighted by Gasteiger charge is -2.35. The quantitative estimate of drug-likeness (QED) is 0.376. The second-order valence-electron chi connectivity index (χ2n) is 7.11. The number of aromatic nitrogens is 1. The normalized spacial score (nSPS) is 16.9. The maximum Gasteiger partial charge on any atom is 0.294 e. The topological polar surface area (TPSA) is 88.5 Å². The van der Waals surface area contributed by atoms with E-state index in [0.29, 0.717) is 11.8 Å². The van der Waals surface area contributed by atoms with E-state index in [2.05, 4.69) is 17.2 Å². The monoisotopic (exact) mass is 424 g/mol. The molecular formula is C21H29FN2O4S. The van der Waals surface area contributed by atoms with Gasteiger partial charge in [0.25, 0.3) is 10.1 Å². The van der Waals surface area contributed by atoms with Crippen LogP contribution in [0.5, 0.6) is 5.75 Å². The van der Waals surface area contributed by atoms with Gasteiger partial charge >= 0.3 is 0 Å². The van der Waals surface area contributed by atoms with Crippen LogP contribution in [0.3, 0.4) is 0 Å². The summed E-state index contributed by atoms with van der Waals surface area (Å²) in [6.45, 7) is 5.11. The molecule has 29 heavy (non-hydrogen) atoms. The Morgan fingerprint density at radius 3 is 2.41 bits per heavy atom. The summed E-state index contributed by atoms with van der Waals surface area (Å²) in [5.41, 5.74) is 0.956. The van der Waals surface area contributed by atoms with Crippen molar-refractivity contribution in [1.82, 2.24) is 10.3 Å². The molecule has 1 aliphatic heterocycles. The highest BCUT2D eigenvalue weighted by Gasteiger charge is 2.28. The first-order valence-corrected chi connectivity index (χ1v) is 11.3. The molecule has 0 radical (unpaired) electrons. The molecule has 1 fully saturated rings. The Bertz CT molecular complexity index is 838. The Hall–Kier alpha value is -2.03.